The number of aromatic nitrogens is 1. The lowest BCUT2D eigenvalue weighted by atomic mass is 10.1. The van der Waals surface area contributed by atoms with Gasteiger partial charge in [0.2, 0.25) is 0 Å². The Labute approximate surface area is 192 Å². The Hall–Kier alpha value is -3.32. The van der Waals surface area contributed by atoms with Gasteiger partial charge in [0.1, 0.15) is 5.03 Å². The summed E-state index contributed by atoms with van der Waals surface area (Å²) in [5.41, 5.74) is 3.30. The van der Waals surface area contributed by atoms with Gasteiger partial charge < -0.3 is 10.6 Å². The number of carbonyl (C=O) groups is 2. The van der Waals surface area contributed by atoms with Gasteiger partial charge >= 0.3 is 6.03 Å². The lowest BCUT2D eigenvalue weighted by Gasteiger charge is -2.28. The van der Waals surface area contributed by atoms with Crippen LogP contribution in [0.1, 0.15) is 29.3 Å². The number of rotatable bonds is 6. The maximum atomic E-state index is 12.8. The van der Waals surface area contributed by atoms with Crippen LogP contribution in [0.25, 0.3) is 0 Å². The lowest BCUT2D eigenvalue weighted by molar-refractivity contribution is 0.0938. The van der Waals surface area contributed by atoms with Gasteiger partial charge in [-0.3, -0.25) is 9.69 Å². The van der Waals surface area contributed by atoms with Crippen molar-refractivity contribution in [1.29, 1.82) is 0 Å². The van der Waals surface area contributed by atoms with Crippen molar-refractivity contribution >= 4 is 35.1 Å². The Morgan fingerprint density at radius 2 is 1.84 bits per heavy atom. The standard InChI is InChI=1S/C25H26N4O2S/c1-18(9-10-19-6-3-2-4-7-19)27-23(30)20-11-13-21(14-12-20)28-25(31)29-16-17-32-24-22(29)8-5-15-26-24/h2-8,11-15,18H,9-10,16-17H2,1H3,(H,27,30)(H,28,31)/t18-/m0/s1. The summed E-state index contributed by atoms with van der Waals surface area (Å²) >= 11 is 1.65. The van der Waals surface area contributed by atoms with Crippen molar-refractivity contribution in [3.63, 3.8) is 0 Å². The molecule has 2 N–H and O–H groups in total. The van der Waals surface area contributed by atoms with E-state index in [1.165, 1.54) is 5.56 Å². The summed E-state index contributed by atoms with van der Waals surface area (Å²) in [7, 11) is 0. The number of anilines is 2. The molecule has 2 heterocycles. The normalized spacial score (nSPS) is 13.7. The van der Waals surface area contributed by atoms with Gasteiger partial charge in [0.05, 0.1) is 5.69 Å². The van der Waals surface area contributed by atoms with E-state index < -0.39 is 0 Å². The van der Waals surface area contributed by atoms with Crippen LogP contribution in [0.4, 0.5) is 16.2 Å². The second-order valence-corrected chi connectivity index (χ2v) is 8.82. The van der Waals surface area contributed by atoms with Crippen molar-refractivity contribution in [3.05, 3.63) is 84.1 Å². The summed E-state index contributed by atoms with van der Waals surface area (Å²) < 4.78 is 0. The number of benzene rings is 2. The molecule has 164 valence electrons. The summed E-state index contributed by atoms with van der Waals surface area (Å²) in [5.74, 6) is 0.690. The van der Waals surface area contributed by atoms with Crippen molar-refractivity contribution in [3.8, 4) is 0 Å². The molecule has 1 aliphatic rings. The molecule has 1 atom stereocenters. The number of carbonyl (C=O) groups excluding carboxylic acids is 2. The molecular formula is C25H26N4O2S. The number of hydrogen-bond acceptors (Lipinski definition) is 4. The molecule has 3 aromatic rings. The Morgan fingerprint density at radius 1 is 1.06 bits per heavy atom. The van der Waals surface area contributed by atoms with Gasteiger partial charge in [0.15, 0.2) is 0 Å². The monoisotopic (exact) mass is 446 g/mol. The zero-order valence-corrected chi connectivity index (χ0v) is 18.8. The molecule has 0 radical (unpaired) electrons. The predicted molar refractivity (Wildman–Crippen MR) is 129 cm³/mol. The number of hydrogen-bond donors (Lipinski definition) is 2. The molecule has 0 saturated heterocycles. The van der Waals surface area contributed by atoms with E-state index in [0.29, 0.717) is 17.8 Å². The SMILES string of the molecule is C[C@@H](CCc1ccccc1)NC(=O)c1ccc(NC(=O)N2CCSc3ncccc32)cc1. The maximum absolute atomic E-state index is 12.8. The van der Waals surface area contributed by atoms with Crippen molar-refractivity contribution in [2.75, 3.05) is 22.5 Å². The highest BCUT2D eigenvalue weighted by molar-refractivity contribution is 7.99. The van der Waals surface area contributed by atoms with Crippen molar-refractivity contribution in [2.45, 2.75) is 30.8 Å². The Morgan fingerprint density at radius 3 is 2.62 bits per heavy atom. The van der Waals surface area contributed by atoms with Gasteiger partial charge in [-0.2, -0.15) is 0 Å². The van der Waals surface area contributed by atoms with E-state index in [2.05, 4.69) is 27.8 Å². The molecular weight excluding hydrogens is 420 g/mol. The fourth-order valence-electron chi connectivity index (χ4n) is 3.57. The summed E-state index contributed by atoms with van der Waals surface area (Å²) in [4.78, 5) is 31.4. The molecule has 0 aliphatic carbocycles. The molecule has 1 aromatic heterocycles. The maximum Gasteiger partial charge on any atom is 0.326 e. The van der Waals surface area contributed by atoms with Crippen LogP contribution in [0.2, 0.25) is 0 Å². The van der Waals surface area contributed by atoms with Crippen molar-refractivity contribution in [1.82, 2.24) is 10.3 Å². The zero-order chi connectivity index (χ0) is 22.3. The molecule has 3 amide bonds. The number of thioether (sulfide) groups is 1. The Kier molecular flexibility index (Phi) is 7.07. The van der Waals surface area contributed by atoms with Crippen LogP contribution >= 0.6 is 11.8 Å². The Bertz CT molecular complexity index is 1070. The van der Waals surface area contributed by atoms with Crippen LogP contribution < -0.4 is 15.5 Å². The van der Waals surface area contributed by atoms with Gasteiger partial charge in [-0.05, 0) is 61.7 Å². The fraction of sp³-hybridized carbons (Fsp3) is 0.240. The van der Waals surface area contributed by atoms with E-state index in [9.17, 15) is 9.59 Å². The van der Waals surface area contributed by atoms with E-state index in [1.807, 2.05) is 37.3 Å². The molecule has 32 heavy (non-hydrogen) atoms. The number of aryl methyl sites for hydroxylation is 1. The minimum Gasteiger partial charge on any atom is -0.350 e. The van der Waals surface area contributed by atoms with E-state index in [0.717, 1.165) is 29.3 Å². The van der Waals surface area contributed by atoms with Crippen LogP contribution in [0.5, 0.6) is 0 Å². The van der Waals surface area contributed by atoms with Crippen LogP contribution in [0, 0.1) is 0 Å². The van der Waals surface area contributed by atoms with Crippen LogP contribution in [0.15, 0.2) is 78.0 Å². The predicted octanol–water partition coefficient (Wildman–Crippen LogP) is 4.98. The first kappa shape index (κ1) is 21.9. The molecule has 0 spiro atoms. The number of fused-ring (bicyclic) bond motifs is 1. The average Bonchev–Trinajstić information content (AvgIpc) is 2.83. The largest absolute Gasteiger partial charge is 0.350 e. The zero-order valence-electron chi connectivity index (χ0n) is 18.0. The molecule has 0 saturated carbocycles. The van der Waals surface area contributed by atoms with E-state index in [1.54, 1.807) is 47.1 Å². The number of pyridine rings is 1. The van der Waals surface area contributed by atoms with E-state index in [-0.39, 0.29) is 18.0 Å². The first-order valence-corrected chi connectivity index (χ1v) is 11.7. The summed E-state index contributed by atoms with van der Waals surface area (Å²) in [6, 6.07) is 20.8. The number of urea groups is 1. The summed E-state index contributed by atoms with van der Waals surface area (Å²) in [6.45, 7) is 2.63. The molecule has 1 aliphatic heterocycles. The smallest absolute Gasteiger partial charge is 0.326 e. The van der Waals surface area contributed by atoms with Gasteiger partial charge in [-0.25, -0.2) is 9.78 Å². The topological polar surface area (TPSA) is 74.3 Å². The highest BCUT2D eigenvalue weighted by Crippen LogP contribution is 2.32. The van der Waals surface area contributed by atoms with Crippen LogP contribution in [-0.4, -0.2) is 35.3 Å². The van der Waals surface area contributed by atoms with Gasteiger partial charge in [-0.1, -0.05) is 30.3 Å². The third-order valence-corrected chi connectivity index (χ3v) is 6.30. The summed E-state index contributed by atoms with van der Waals surface area (Å²) in [6.07, 6.45) is 3.52. The first-order valence-electron chi connectivity index (χ1n) is 10.7. The third-order valence-electron chi connectivity index (χ3n) is 5.33. The van der Waals surface area contributed by atoms with Crippen LogP contribution in [0.3, 0.4) is 0 Å². The van der Waals surface area contributed by atoms with Crippen LogP contribution in [-0.2, 0) is 6.42 Å². The molecule has 7 heteroatoms. The number of nitrogens with one attached hydrogen (secondary N) is 2. The average molecular weight is 447 g/mol. The highest BCUT2D eigenvalue weighted by atomic mass is 32.2. The first-order chi connectivity index (χ1) is 15.6. The van der Waals surface area contributed by atoms with Crippen molar-refractivity contribution < 1.29 is 9.59 Å². The summed E-state index contributed by atoms with van der Waals surface area (Å²) in [5, 5.41) is 6.82. The quantitative estimate of drug-likeness (QED) is 0.560. The highest BCUT2D eigenvalue weighted by Gasteiger charge is 2.23. The lowest BCUT2D eigenvalue weighted by Crippen LogP contribution is -2.38. The molecule has 4 rings (SSSR count). The molecule has 0 fully saturated rings. The van der Waals surface area contributed by atoms with Gasteiger partial charge in [0, 0.05) is 35.8 Å². The third kappa shape index (κ3) is 5.48. The molecule has 0 bridgehead atoms. The molecule has 0 unspecified atom stereocenters. The molecule has 2 aromatic carbocycles. The second-order valence-electron chi connectivity index (χ2n) is 7.73. The number of amides is 3. The van der Waals surface area contributed by atoms with E-state index >= 15 is 0 Å². The minimum atomic E-state index is -0.203. The van der Waals surface area contributed by atoms with Crippen molar-refractivity contribution in [2.24, 2.45) is 0 Å². The minimum absolute atomic E-state index is 0.0627. The second kappa shape index (κ2) is 10.3. The number of nitrogens with zero attached hydrogens (tertiary/aromatic N) is 2. The Balaban J connectivity index is 1.31. The van der Waals surface area contributed by atoms with Gasteiger partial charge in [-0.15, -0.1) is 11.8 Å². The fourth-order valence-corrected chi connectivity index (χ4v) is 4.50. The van der Waals surface area contributed by atoms with Gasteiger partial charge in [0.25, 0.3) is 5.91 Å². The molecule has 6 nitrogen and oxygen atoms in total. The van der Waals surface area contributed by atoms with E-state index in [4.69, 9.17) is 0 Å².